The van der Waals surface area contributed by atoms with Crippen molar-refractivity contribution in [2.45, 2.75) is 38.6 Å². The lowest BCUT2D eigenvalue weighted by molar-refractivity contribution is -0.147. The van der Waals surface area contributed by atoms with Gasteiger partial charge in [-0.15, -0.1) is 0 Å². The Bertz CT molecular complexity index is 237. The summed E-state index contributed by atoms with van der Waals surface area (Å²) in [7, 11) is 1.38. The van der Waals surface area contributed by atoms with E-state index in [1.54, 1.807) is 6.92 Å². The van der Waals surface area contributed by atoms with Crippen LogP contribution in [0.15, 0.2) is 0 Å². The number of hydrogen-bond acceptors (Lipinski definition) is 4. The second-order valence-corrected chi connectivity index (χ2v) is 5.03. The molecule has 16 heavy (non-hydrogen) atoms. The Hall–Kier alpha value is -0.610. The largest absolute Gasteiger partial charge is 0.468 e. The molecule has 1 unspecified atom stereocenters. The van der Waals surface area contributed by atoms with E-state index in [0.29, 0.717) is 6.54 Å². The predicted molar refractivity (Wildman–Crippen MR) is 64.1 cm³/mol. The Kier molecular flexibility index (Phi) is 4.74. The van der Waals surface area contributed by atoms with Crippen LogP contribution in [0.5, 0.6) is 0 Å². The fourth-order valence-corrected chi connectivity index (χ4v) is 2.11. The third-order valence-corrected chi connectivity index (χ3v) is 3.39. The van der Waals surface area contributed by atoms with Gasteiger partial charge in [-0.25, -0.2) is 0 Å². The van der Waals surface area contributed by atoms with Crippen LogP contribution in [0.3, 0.4) is 0 Å². The van der Waals surface area contributed by atoms with Crippen LogP contribution in [-0.4, -0.2) is 43.2 Å². The Balaban J connectivity index is 2.44. The number of likely N-dealkylation sites (N-methyl/N-ethyl adjacent to an activating group) is 1. The topological polar surface area (TPSA) is 55.6 Å². The molecule has 1 fully saturated rings. The van der Waals surface area contributed by atoms with Gasteiger partial charge in [0.15, 0.2) is 0 Å². The number of rotatable bonds is 6. The number of carbonyl (C=O) groups excluding carboxylic acids is 1. The zero-order valence-corrected chi connectivity index (χ0v) is 10.7. The molecule has 1 saturated carbocycles. The first-order valence-electron chi connectivity index (χ1n) is 6.09. The van der Waals surface area contributed by atoms with E-state index in [0.717, 1.165) is 19.0 Å². The zero-order chi connectivity index (χ0) is 12.2. The van der Waals surface area contributed by atoms with E-state index in [-0.39, 0.29) is 5.97 Å². The monoisotopic (exact) mass is 228 g/mol. The molecule has 4 nitrogen and oxygen atoms in total. The number of carbonyl (C=O) groups is 1. The summed E-state index contributed by atoms with van der Waals surface area (Å²) in [6.07, 6.45) is 3.98. The van der Waals surface area contributed by atoms with Gasteiger partial charge < -0.3 is 15.4 Å². The highest BCUT2D eigenvalue weighted by Crippen LogP contribution is 2.27. The minimum absolute atomic E-state index is 0.334. The molecule has 0 saturated heterocycles. The summed E-state index contributed by atoms with van der Waals surface area (Å²) >= 11 is 0. The number of ether oxygens (including phenoxy) is 1. The van der Waals surface area contributed by atoms with Crippen molar-refractivity contribution in [3.8, 4) is 0 Å². The molecule has 4 heteroatoms. The second-order valence-electron chi connectivity index (χ2n) is 5.03. The Morgan fingerprint density at radius 1 is 1.56 bits per heavy atom. The summed E-state index contributed by atoms with van der Waals surface area (Å²) in [4.78, 5) is 13.7. The quantitative estimate of drug-likeness (QED) is 0.689. The van der Waals surface area contributed by atoms with E-state index < -0.39 is 5.54 Å². The van der Waals surface area contributed by atoms with Crippen LogP contribution in [-0.2, 0) is 9.53 Å². The average Bonchev–Trinajstić information content (AvgIpc) is 2.19. The second kappa shape index (κ2) is 5.64. The molecule has 1 rings (SSSR count). The first kappa shape index (κ1) is 13.5. The molecule has 1 atom stereocenters. The summed E-state index contributed by atoms with van der Waals surface area (Å²) in [5.74, 6) is 0.466. The number of nitrogens with two attached hydrogens (primary N) is 1. The number of methoxy groups -OCH3 is 1. The van der Waals surface area contributed by atoms with Gasteiger partial charge in [-0.2, -0.15) is 0 Å². The van der Waals surface area contributed by atoms with Crippen molar-refractivity contribution in [1.82, 2.24) is 4.90 Å². The van der Waals surface area contributed by atoms with Crippen LogP contribution < -0.4 is 5.73 Å². The number of hydrogen-bond donors (Lipinski definition) is 1. The van der Waals surface area contributed by atoms with Crippen molar-refractivity contribution < 1.29 is 9.53 Å². The van der Waals surface area contributed by atoms with E-state index in [4.69, 9.17) is 10.5 Å². The van der Waals surface area contributed by atoms with Crippen molar-refractivity contribution in [3.05, 3.63) is 0 Å². The molecular weight excluding hydrogens is 204 g/mol. The van der Waals surface area contributed by atoms with Gasteiger partial charge in [0.1, 0.15) is 5.54 Å². The first-order chi connectivity index (χ1) is 7.49. The standard InChI is InChI=1S/C12H24N2O2/c1-4-14(8-10-6-5-7-10)9-12(2,13)11(15)16-3/h10H,4-9,13H2,1-3H3. The van der Waals surface area contributed by atoms with Crippen molar-refractivity contribution in [1.29, 1.82) is 0 Å². The lowest BCUT2D eigenvalue weighted by Crippen LogP contribution is -2.55. The Morgan fingerprint density at radius 3 is 2.56 bits per heavy atom. The molecule has 0 heterocycles. The molecule has 0 aromatic rings. The van der Waals surface area contributed by atoms with Gasteiger partial charge >= 0.3 is 5.97 Å². The average molecular weight is 228 g/mol. The highest BCUT2D eigenvalue weighted by atomic mass is 16.5. The van der Waals surface area contributed by atoms with Gasteiger partial charge in [-0.05, 0) is 32.2 Å². The fourth-order valence-electron chi connectivity index (χ4n) is 2.11. The van der Waals surface area contributed by atoms with E-state index in [2.05, 4.69) is 11.8 Å². The molecule has 0 aliphatic heterocycles. The van der Waals surface area contributed by atoms with Crippen molar-refractivity contribution in [2.75, 3.05) is 26.7 Å². The first-order valence-corrected chi connectivity index (χ1v) is 6.09. The summed E-state index contributed by atoms with van der Waals surface area (Å²) in [6, 6.07) is 0. The summed E-state index contributed by atoms with van der Waals surface area (Å²) < 4.78 is 4.72. The molecule has 0 bridgehead atoms. The SMILES string of the molecule is CCN(CC1CCC1)CC(C)(N)C(=O)OC. The highest BCUT2D eigenvalue weighted by Gasteiger charge is 2.32. The van der Waals surface area contributed by atoms with Gasteiger partial charge in [-0.1, -0.05) is 13.3 Å². The zero-order valence-electron chi connectivity index (χ0n) is 10.7. The molecule has 1 aliphatic carbocycles. The molecule has 94 valence electrons. The lowest BCUT2D eigenvalue weighted by Gasteiger charge is -2.35. The van der Waals surface area contributed by atoms with Crippen LogP contribution >= 0.6 is 0 Å². The summed E-state index contributed by atoms with van der Waals surface area (Å²) in [5.41, 5.74) is 5.07. The Labute approximate surface area is 98.1 Å². The van der Waals surface area contributed by atoms with Gasteiger partial charge in [-0.3, -0.25) is 4.79 Å². The molecule has 0 aromatic carbocycles. The van der Waals surface area contributed by atoms with Crippen LogP contribution in [0.4, 0.5) is 0 Å². The van der Waals surface area contributed by atoms with Crippen LogP contribution in [0.25, 0.3) is 0 Å². The van der Waals surface area contributed by atoms with E-state index in [1.807, 2.05) is 0 Å². The Morgan fingerprint density at radius 2 is 2.19 bits per heavy atom. The van der Waals surface area contributed by atoms with Gasteiger partial charge in [0.05, 0.1) is 7.11 Å². The lowest BCUT2D eigenvalue weighted by atomic mass is 9.85. The number of nitrogens with zero attached hydrogens (tertiary/aromatic N) is 1. The van der Waals surface area contributed by atoms with Gasteiger partial charge in [0.2, 0.25) is 0 Å². The molecule has 0 aromatic heterocycles. The molecule has 0 spiro atoms. The third-order valence-electron chi connectivity index (χ3n) is 3.39. The van der Waals surface area contributed by atoms with Crippen molar-refractivity contribution in [3.63, 3.8) is 0 Å². The van der Waals surface area contributed by atoms with Crippen LogP contribution in [0, 0.1) is 5.92 Å². The van der Waals surface area contributed by atoms with Gasteiger partial charge in [0.25, 0.3) is 0 Å². The van der Waals surface area contributed by atoms with Crippen molar-refractivity contribution in [2.24, 2.45) is 11.7 Å². The minimum atomic E-state index is -0.894. The molecular formula is C12H24N2O2. The molecule has 0 amide bonds. The smallest absolute Gasteiger partial charge is 0.326 e. The maximum absolute atomic E-state index is 11.5. The molecule has 2 N–H and O–H groups in total. The van der Waals surface area contributed by atoms with E-state index in [9.17, 15) is 4.79 Å². The van der Waals surface area contributed by atoms with Gasteiger partial charge in [0, 0.05) is 13.1 Å². The molecule has 0 radical (unpaired) electrons. The summed E-state index contributed by atoms with van der Waals surface area (Å²) in [5, 5.41) is 0. The normalized spacial score (nSPS) is 20.3. The van der Waals surface area contributed by atoms with Crippen LogP contribution in [0.2, 0.25) is 0 Å². The van der Waals surface area contributed by atoms with Crippen LogP contribution in [0.1, 0.15) is 33.1 Å². The maximum atomic E-state index is 11.5. The predicted octanol–water partition coefficient (Wildman–Crippen LogP) is 0.999. The third kappa shape index (κ3) is 3.46. The fraction of sp³-hybridized carbons (Fsp3) is 0.917. The maximum Gasteiger partial charge on any atom is 0.326 e. The van der Waals surface area contributed by atoms with Crippen molar-refractivity contribution >= 4 is 5.97 Å². The minimum Gasteiger partial charge on any atom is -0.468 e. The van der Waals surface area contributed by atoms with E-state index >= 15 is 0 Å². The molecule has 1 aliphatic rings. The summed E-state index contributed by atoms with van der Waals surface area (Å²) in [6.45, 7) is 6.40. The number of esters is 1. The highest BCUT2D eigenvalue weighted by molar-refractivity contribution is 5.80. The van der Waals surface area contributed by atoms with E-state index in [1.165, 1.54) is 26.4 Å².